The average Bonchev–Trinajstić information content (AvgIpc) is 2.39. The van der Waals surface area contributed by atoms with E-state index in [0.29, 0.717) is 6.54 Å². The highest BCUT2D eigenvalue weighted by molar-refractivity contribution is 9.10. The van der Waals surface area contributed by atoms with Crippen molar-refractivity contribution < 1.29 is 4.79 Å². The topological polar surface area (TPSA) is 41.1 Å². The number of nitrogens with one attached hydrogen (secondary N) is 2. The van der Waals surface area contributed by atoms with Crippen molar-refractivity contribution in [2.45, 2.75) is 31.8 Å². The number of hydrogen-bond donors (Lipinski definition) is 2. The Morgan fingerprint density at radius 2 is 2.06 bits per heavy atom. The van der Waals surface area contributed by atoms with Gasteiger partial charge in [0.2, 0.25) is 5.91 Å². The molecule has 0 bridgehead atoms. The first kappa shape index (κ1) is 15.5. The van der Waals surface area contributed by atoms with Crippen LogP contribution in [0.2, 0.25) is 0 Å². The molecule has 0 spiro atoms. The van der Waals surface area contributed by atoms with Crippen LogP contribution in [0.4, 0.5) is 0 Å². The molecule has 1 aromatic rings. The van der Waals surface area contributed by atoms with Gasteiger partial charge in [-0.3, -0.25) is 4.79 Å². The van der Waals surface area contributed by atoms with Gasteiger partial charge in [0, 0.05) is 11.0 Å². The van der Waals surface area contributed by atoms with Gasteiger partial charge in [0.1, 0.15) is 0 Å². The van der Waals surface area contributed by atoms with Gasteiger partial charge in [-0.15, -0.1) is 12.4 Å². The van der Waals surface area contributed by atoms with Crippen LogP contribution < -0.4 is 10.6 Å². The van der Waals surface area contributed by atoms with Crippen molar-refractivity contribution in [3.05, 3.63) is 34.3 Å². The van der Waals surface area contributed by atoms with Crippen LogP contribution >= 0.6 is 28.3 Å². The minimum Gasteiger partial charge on any atom is -0.351 e. The van der Waals surface area contributed by atoms with E-state index < -0.39 is 0 Å². The normalized spacial score (nSPS) is 18.8. The van der Waals surface area contributed by atoms with Gasteiger partial charge >= 0.3 is 0 Å². The van der Waals surface area contributed by atoms with E-state index in [1.54, 1.807) is 0 Å². The first-order valence-electron chi connectivity index (χ1n) is 6.01. The zero-order valence-corrected chi connectivity index (χ0v) is 12.5. The van der Waals surface area contributed by atoms with Crippen LogP contribution in [0, 0.1) is 0 Å². The number of halogens is 2. The van der Waals surface area contributed by atoms with Gasteiger partial charge in [-0.25, -0.2) is 0 Å². The third-order valence-corrected chi connectivity index (χ3v) is 3.54. The standard InChI is InChI=1S/C13H17BrN2O.ClH/c14-11-6-4-10(5-7-11)9-16-13(17)12-3-1-2-8-15-12;/h4-7,12,15H,1-3,8-9H2,(H,16,17);1H/t12-;/m0./s1. The van der Waals surface area contributed by atoms with E-state index in [9.17, 15) is 4.79 Å². The van der Waals surface area contributed by atoms with Crippen molar-refractivity contribution in [3.63, 3.8) is 0 Å². The van der Waals surface area contributed by atoms with E-state index >= 15 is 0 Å². The molecule has 1 heterocycles. The second kappa shape index (κ2) is 7.77. The minimum absolute atomic E-state index is 0. The molecule has 1 fully saturated rings. The summed E-state index contributed by atoms with van der Waals surface area (Å²) in [6.45, 7) is 1.56. The molecule has 5 heteroatoms. The largest absolute Gasteiger partial charge is 0.351 e. The van der Waals surface area contributed by atoms with Crippen molar-refractivity contribution >= 4 is 34.2 Å². The lowest BCUT2D eigenvalue weighted by molar-refractivity contribution is -0.123. The molecular weight excluding hydrogens is 316 g/mol. The zero-order chi connectivity index (χ0) is 12.1. The highest BCUT2D eigenvalue weighted by atomic mass is 79.9. The monoisotopic (exact) mass is 332 g/mol. The summed E-state index contributed by atoms with van der Waals surface area (Å²) < 4.78 is 1.06. The Morgan fingerprint density at radius 3 is 2.67 bits per heavy atom. The van der Waals surface area contributed by atoms with E-state index in [1.807, 2.05) is 24.3 Å². The zero-order valence-electron chi connectivity index (χ0n) is 10.1. The fourth-order valence-electron chi connectivity index (χ4n) is 1.99. The third kappa shape index (κ3) is 4.59. The number of piperidine rings is 1. The summed E-state index contributed by atoms with van der Waals surface area (Å²) in [4.78, 5) is 11.9. The van der Waals surface area contributed by atoms with Gasteiger partial charge < -0.3 is 10.6 Å². The highest BCUT2D eigenvalue weighted by Gasteiger charge is 2.19. The van der Waals surface area contributed by atoms with Crippen molar-refractivity contribution in [2.75, 3.05) is 6.54 Å². The SMILES string of the molecule is Cl.O=C(NCc1ccc(Br)cc1)[C@@H]1CCCCN1. The van der Waals surface area contributed by atoms with Crippen LogP contribution in [0.3, 0.4) is 0 Å². The van der Waals surface area contributed by atoms with Crippen LogP contribution in [0.25, 0.3) is 0 Å². The summed E-state index contributed by atoms with van der Waals surface area (Å²) in [5.74, 6) is 0.118. The van der Waals surface area contributed by atoms with Crippen LogP contribution in [-0.4, -0.2) is 18.5 Å². The van der Waals surface area contributed by atoms with Crippen LogP contribution in [0.15, 0.2) is 28.7 Å². The molecule has 2 rings (SSSR count). The van der Waals surface area contributed by atoms with E-state index in [2.05, 4.69) is 26.6 Å². The Morgan fingerprint density at radius 1 is 1.33 bits per heavy atom. The number of carbonyl (C=O) groups is 1. The molecule has 0 unspecified atom stereocenters. The maximum Gasteiger partial charge on any atom is 0.237 e. The maximum absolute atomic E-state index is 11.9. The van der Waals surface area contributed by atoms with Crippen molar-refractivity contribution in [3.8, 4) is 0 Å². The summed E-state index contributed by atoms with van der Waals surface area (Å²) in [7, 11) is 0. The molecular formula is C13H18BrClN2O. The molecule has 3 nitrogen and oxygen atoms in total. The molecule has 100 valence electrons. The average molecular weight is 334 g/mol. The molecule has 0 radical (unpaired) electrons. The maximum atomic E-state index is 11.9. The summed E-state index contributed by atoms with van der Waals surface area (Å²) in [5.41, 5.74) is 1.12. The summed E-state index contributed by atoms with van der Waals surface area (Å²) >= 11 is 3.39. The molecule has 0 saturated carbocycles. The molecule has 1 saturated heterocycles. The second-order valence-electron chi connectivity index (χ2n) is 4.35. The number of rotatable bonds is 3. The smallest absolute Gasteiger partial charge is 0.237 e. The van der Waals surface area contributed by atoms with Crippen LogP contribution in [-0.2, 0) is 11.3 Å². The van der Waals surface area contributed by atoms with E-state index in [-0.39, 0.29) is 24.4 Å². The summed E-state index contributed by atoms with van der Waals surface area (Å²) in [5, 5.41) is 6.22. The predicted molar refractivity (Wildman–Crippen MR) is 78.9 cm³/mol. The molecule has 1 aliphatic heterocycles. The van der Waals surface area contributed by atoms with Crippen molar-refractivity contribution in [2.24, 2.45) is 0 Å². The number of benzene rings is 1. The van der Waals surface area contributed by atoms with Gasteiger partial charge in [0.05, 0.1) is 6.04 Å². The van der Waals surface area contributed by atoms with Gasteiger partial charge in [0.25, 0.3) is 0 Å². The second-order valence-corrected chi connectivity index (χ2v) is 5.26. The van der Waals surface area contributed by atoms with Gasteiger partial charge in [-0.2, -0.15) is 0 Å². The Hall–Kier alpha value is -0.580. The van der Waals surface area contributed by atoms with Gasteiger partial charge in [0.15, 0.2) is 0 Å². The Balaban J connectivity index is 0.00000162. The Kier molecular flexibility index (Phi) is 6.68. The Labute approximate surface area is 122 Å². The summed E-state index contributed by atoms with van der Waals surface area (Å²) in [6, 6.07) is 8.00. The third-order valence-electron chi connectivity index (χ3n) is 3.01. The highest BCUT2D eigenvalue weighted by Crippen LogP contribution is 2.11. The fraction of sp³-hybridized carbons (Fsp3) is 0.462. The predicted octanol–water partition coefficient (Wildman–Crippen LogP) is 2.63. The van der Waals surface area contributed by atoms with Crippen LogP contribution in [0.1, 0.15) is 24.8 Å². The fourth-order valence-corrected chi connectivity index (χ4v) is 2.25. The number of amides is 1. The first-order chi connectivity index (χ1) is 8.25. The molecule has 18 heavy (non-hydrogen) atoms. The summed E-state index contributed by atoms with van der Waals surface area (Å²) in [6.07, 6.45) is 3.27. The number of hydrogen-bond acceptors (Lipinski definition) is 2. The number of carbonyl (C=O) groups excluding carboxylic acids is 1. The molecule has 2 N–H and O–H groups in total. The molecule has 1 amide bonds. The molecule has 1 aromatic carbocycles. The minimum atomic E-state index is -0.000742. The molecule has 0 aromatic heterocycles. The lowest BCUT2D eigenvalue weighted by atomic mass is 10.0. The lowest BCUT2D eigenvalue weighted by Gasteiger charge is -2.22. The Bertz CT molecular complexity index is 377. The van der Waals surface area contributed by atoms with Gasteiger partial charge in [-0.05, 0) is 37.1 Å². The molecule has 0 aliphatic carbocycles. The van der Waals surface area contributed by atoms with E-state index in [1.165, 1.54) is 6.42 Å². The quantitative estimate of drug-likeness (QED) is 0.893. The van der Waals surface area contributed by atoms with Crippen LogP contribution in [0.5, 0.6) is 0 Å². The molecule has 1 aliphatic rings. The van der Waals surface area contributed by atoms with E-state index in [4.69, 9.17) is 0 Å². The van der Waals surface area contributed by atoms with E-state index in [0.717, 1.165) is 29.4 Å². The van der Waals surface area contributed by atoms with Crippen molar-refractivity contribution in [1.29, 1.82) is 0 Å². The van der Waals surface area contributed by atoms with Gasteiger partial charge in [-0.1, -0.05) is 34.5 Å². The van der Waals surface area contributed by atoms with Crippen molar-refractivity contribution in [1.82, 2.24) is 10.6 Å². The first-order valence-corrected chi connectivity index (χ1v) is 6.80. The molecule has 1 atom stereocenters. The lowest BCUT2D eigenvalue weighted by Crippen LogP contribution is -2.46.